The number of carbonyl (C=O) groups excluding carboxylic acids is 1. The van der Waals surface area contributed by atoms with Crippen LogP contribution in [-0.4, -0.2) is 48.6 Å². The van der Waals surface area contributed by atoms with Crippen LogP contribution in [0.15, 0.2) is 41.2 Å². The van der Waals surface area contributed by atoms with Gasteiger partial charge in [-0.15, -0.1) is 0 Å². The molecule has 1 atom stereocenters. The molecule has 4 heteroatoms. The van der Waals surface area contributed by atoms with Crippen molar-refractivity contribution < 1.29 is 4.79 Å². The van der Waals surface area contributed by atoms with Gasteiger partial charge in [0.05, 0.1) is 6.04 Å². The minimum absolute atomic E-state index is 0.0445. The first-order chi connectivity index (χ1) is 8.20. The zero-order valence-electron chi connectivity index (χ0n) is 10.1. The van der Waals surface area contributed by atoms with E-state index < -0.39 is 0 Å². The van der Waals surface area contributed by atoms with Gasteiger partial charge in [0.15, 0.2) is 0 Å². The quantitative estimate of drug-likeness (QED) is 0.531. The minimum atomic E-state index is -0.0445. The summed E-state index contributed by atoms with van der Waals surface area (Å²) in [6.07, 6.45) is 8.45. The van der Waals surface area contributed by atoms with Crippen LogP contribution in [0, 0.1) is 0 Å². The standard InChI is InChI=1S/C13H17N3O/c1-11-9-15(2)7-8-16(11)13-5-3-12(4-6-13)14-10-17/h3,5-6,12H,1,4,7-9H2,2H3. The lowest BCUT2D eigenvalue weighted by atomic mass is 10.1. The predicted octanol–water partition coefficient (Wildman–Crippen LogP) is 1.30. The normalized spacial score (nSPS) is 25.5. The molecule has 1 unspecified atom stereocenters. The molecule has 0 aromatic rings. The van der Waals surface area contributed by atoms with Gasteiger partial charge < -0.3 is 4.90 Å². The number of nitrogens with zero attached hydrogens (tertiary/aromatic N) is 3. The lowest BCUT2D eigenvalue weighted by Crippen LogP contribution is -2.41. The van der Waals surface area contributed by atoms with Crippen molar-refractivity contribution in [1.82, 2.24) is 9.80 Å². The maximum atomic E-state index is 10.2. The molecular weight excluding hydrogens is 214 g/mol. The second-order valence-corrected chi connectivity index (χ2v) is 4.47. The third-order valence-corrected chi connectivity index (χ3v) is 3.13. The van der Waals surface area contributed by atoms with Crippen LogP contribution in [0.5, 0.6) is 0 Å². The zero-order valence-corrected chi connectivity index (χ0v) is 10.1. The third-order valence-electron chi connectivity index (χ3n) is 3.13. The second-order valence-electron chi connectivity index (χ2n) is 4.47. The van der Waals surface area contributed by atoms with Crippen LogP contribution in [0.4, 0.5) is 0 Å². The highest BCUT2D eigenvalue weighted by Gasteiger charge is 2.20. The molecule has 4 nitrogen and oxygen atoms in total. The maximum Gasteiger partial charge on any atom is 0.235 e. The molecule has 0 aromatic heterocycles. The number of likely N-dealkylation sites (N-methyl/N-ethyl adjacent to an activating group) is 1. The first-order valence-electron chi connectivity index (χ1n) is 5.80. The molecule has 1 fully saturated rings. The molecule has 2 rings (SSSR count). The van der Waals surface area contributed by atoms with Crippen molar-refractivity contribution in [2.45, 2.75) is 12.5 Å². The molecule has 0 N–H and O–H groups in total. The lowest BCUT2D eigenvalue weighted by Gasteiger charge is -2.37. The van der Waals surface area contributed by atoms with Crippen LogP contribution >= 0.6 is 0 Å². The van der Waals surface area contributed by atoms with E-state index in [4.69, 9.17) is 0 Å². The van der Waals surface area contributed by atoms with Crippen molar-refractivity contribution in [2.75, 3.05) is 26.7 Å². The Labute approximate surface area is 102 Å². The third kappa shape index (κ3) is 2.73. The Morgan fingerprint density at radius 2 is 2.35 bits per heavy atom. The zero-order chi connectivity index (χ0) is 12.3. The van der Waals surface area contributed by atoms with Crippen LogP contribution < -0.4 is 0 Å². The van der Waals surface area contributed by atoms with Gasteiger partial charge in [-0.05, 0) is 19.5 Å². The van der Waals surface area contributed by atoms with Crippen molar-refractivity contribution in [1.29, 1.82) is 0 Å². The molecule has 0 amide bonds. The summed E-state index contributed by atoms with van der Waals surface area (Å²) < 4.78 is 0. The van der Waals surface area contributed by atoms with E-state index in [-0.39, 0.29) is 6.04 Å². The fraction of sp³-hybridized carbons (Fsp3) is 0.462. The van der Waals surface area contributed by atoms with Gasteiger partial charge >= 0.3 is 0 Å². The summed E-state index contributed by atoms with van der Waals surface area (Å²) in [6, 6.07) is -0.0445. The van der Waals surface area contributed by atoms with Crippen LogP contribution in [-0.2, 0) is 4.79 Å². The number of aliphatic imine (C=N–C) groups is 1. The van der Waals surface area contributed by atoms with Crippen molar-refractivity contribution in [3.05, 3.63) is 36.2 Å². The molecule has 0 bridgehead atoms. The van der Waals surface area contributed by atoms with Crippen molar-refractivity contribution in [2.24, 2.45) is 4.99 Å². The molecule has 1 saturated heterocycles. The molecule has 2 aliphatic rings. The number of hydrogen-bond acceptors (Lipinski definition) is 4. The summed E-state index contributed by atoms with van der Waals surface area (Å²) in [5.74, 6) is 0. The Balaban J connectivity index is 2.03. The van der Waals surface area contributed by atoms with E-state index >= 15 is 0 Å². The molecule has 0 saturated carbocycles. The summed E-state index contributed by atoms with van der Waals surface area (Å²) >= 11 is 0. The van der Waals surface area contributed by atoms with Gasteiger partial charge in [0.2, 0.25) is 6.08 Å². The highest BCUT2D eigenvalue weighted by molar-refractivity contribution is 5.36. The highest BCUT2D eigenvalue weighted by atomic mass is 16.1. The summed E-state index contributed by atoms with van der Waals surface area (Å²) in [5, 5.41) is 0. The van der Waals surface area contributed by atoms with Gasteiger partial charge in [0, 0.05) is 31.0 Å². The Kier molecular flexibility index (Phi) is 3.57. The summed E-state index contributed by atoms with van der Waals surface area (Å²) in [6.45, 7) is 7.01. The molecule has 0 radical (unpaired) electrons. The topological polar surface area (TPSA) is 35.9 Å². The summed E-state index contributed by atoms with van der Waals surface area (Å²) in [7, 11) is 2.10. The van der Waals surface area contributed by atoms with Crippen molar-refractivity contribution >= 4 is 6.08 Å². The average molecular weight is 231 g/mol. The van der Waals surface area contributed by atoms with Crippen molar-refractivity contribution in [3.8, 4) is 0 Å². The van der Waals surface area contributed by atoms with Gasteiger partial charge in [0.1, 0.15) is 0 Å². The molecule has 1 heterocycles. The molecule has 17 heavy (non-hydrogen) atoms. The van der Waals surface area contributed by atoms with E-state index in [0.29, 0.717) is 0 Å². The van der Waals surface area contributed by atoms with E-state index in [9.17, 15) is 4.79 Å². The van der Waals surface area contributed by atoms with Gasteiger partial charge in [-0.25, -0.2) is 4.79 Å². The number of rotatable bonds is 2. The molecule has 90 valence electrons. The number of piperazine rings is 1. The van der Waals surface area contributed by atoms with E-state index in [0.717, 1.165) is 31.8 Å². The smallest absolute Gasteiger partial charge is 0.235 e. The van der Waals surface area contributed by atoms with Crippen LogP contribution in [0.3, 0.4) is 0 Å². The number of hydrogen-bond donors (Lipinski definition) is 0. The monoisotopic (exact) mass is 231 g/mol. The fourth-order valence-corrected chi connectivity index (χ4v) is 2.18. The Morgan fingerprint density at radius 3 is 2.94 bits per heavy atom. The Bertz CT molecular complexity index is 418. The molecule has 0 spiro atoms. The van der Waals surface area contributed by atoms with E-state index in [1.54, 1.807) is 6.08 Å². The van der Waals surface area contributed by atoms with E-state index in [1.807, 2.05) is 12.2 Å². The summed E-state index contributed by atoms with van der Waals surface area (Å²) in [4.78, 5) is 18.4. The fourth-order valence-electron chi connectivity index (χ4n) is 2.18. The first kappa shape index (κ1) is 11.8. The van der Waals surface area contributed by atoms with Crippen LogP contribution in [0.2, 0.25) is 0 Å². The van der Waals surface area contributed by atoms with Crippen LogP contribution in [0.25, 0.3) is 0 Å². The van der Waals surface area contributed by atoms with E-state index in [1.165, 1.54) is 5.70 Å². The number of allylic oxidation sites excluding steroid dienone is 1. The van der Waals surface area contributed by atoms with Gasteiger partial charge in [-0.3, -0.25) is 4.90 Å². The van der Waals surface area contributed by atoms with Gasteiger partial charge in [0.25, 0.3) is 0 Å². The van der Waals surface area contributed by atoms with E-state index in [2.05, 4.69) is 34.5 Å². The molecule has 1 aliphatic heterocycles. The molecule has 1 aliphatic carbocycles. The molecule has 0 aromatic carbocycles. The average Bonchev–Trinajstić information content (AvgIpc) is 2.31. The predicted molar refractivity (Wildman–Crippen MR) is 67.1 cm³/mol. The largest absolute Gasteiger partial charge is 0.343 e. The Morgan fingerprint density at radius 1 is 1.53 bits per heavy atom. The minimum Gasteiger partial charge on any atom is -0.343 e. The Hall–Kier alpha value is -1.64. The number of isocyanates is 1. The highest BCUT2D eigenvalue weighted by Crippen LogP contribution is 2.22. The summed E-state index contributed by atoms with van der Waals surface area (Å²) in [5.41, 5.74) is 2.28. The lowest BCUT2D eigenvalue weighted by molar-refractivity contribution is 0.238. The van der Waals surface area contributed by atoms with Crippen molar-refractivity contribution in [3.63, 3.8) is 0 Å². The SMILES string of the molecule is C=C1CN(C)CCN1C1=CCC(N=C=O)C=C1. The maximum absolute atomic E-state index is 10.2. The molecular formula is C13H17N3O. The second kappa shape index (κ2) is 5.13. The van der Waals surface area contributed by atoms with Gasteiger partial charge in [-0.1, -0.05) is 18.7 Å². The van der Waals surface area contributed by atoms with Crippen LogP contribution in [0.1, 0.15) is 6.42 Å². The van der Waals surface area contributed by atoms with Gasteiger partial charge in [-0.2, -0.15) is 4.99 Å². The first-order valence-corrected chi connectivity index (χ1v) is 5.80.